The minimum atomic E-state index is -0.566. The fourth-order valence-corrected chi connectivity index (χ4v) is 3.74. The van der Waals surface area contributed by atoms with Crippen LogP contribution in [-0.4, -0.2) is 37.3 Å². The minimum Gasteiger partial charge on any atom is -0.444 e. The Balaban J connectivity index is 1.63. The van der Waals surface area contributed by atoms with E-state index in [1.165, 1.54) is 6.33 Å². The van der Waals surface area contributed by atoms with Crippen LogP contribution >= 0.6 is 0 Å². The number of para-hydroxylation sites is 1. The van der Waals surface area contributed by atoms with Gasteiger partial charge in [0.2, 0.25) is 0 Å². The summed E-state index contributed by atoms with van der Waals surface area (Å²) >= 11 is 0. The minimum absolute atomic E-state index is 0.262. The highest BCUT2D eigenvalue weighted by Crippen LogP contribution is 2.33. The lowest BCUT2D eigenvalue weighted by atomic mass is 10.1. The topological polar surface area (TPSA) is 108 Å². The molecule has 0 spiro atoms. The van der Waals surface area contributed by atoms with Crippen molar-refractivity contribution in [2.24, 2.45) is 0 Å². The average molecular weight is 445 g/mol. The number of carbonyl (C=O) groups is 1. The second-order valence-electron chi connectivity index (χ2n) is 8.89. The van der Waals surface area contributed by atoms with Crippen LogP contribution < -0.4 is 11.1 Å². The van der Waals surface area contributed by atoms with E-state index in [0.29, 0.717) is 18.8 Å². The Hall–Kier alpha value is -3.94. The maximum atomic E-state index is 12.2. The first-order chi connectivity index (χ1) is 15.7. The number of anilines is 1. The number of carbonyl (C=O) groups excluding carboxylic acids is 1. The van der Waals surface area contributed by atoms with Crippen molar-refractivity contribution in [3.63, 3.8) is 0 Å². The van der Waals surface area contributed by atoms with Gasteiger partial charge in [0.1, 0.15) is 23.4 Å². The van der Waals surface area contributed by atoms with E-state index in [1.54, 1.807) is 6.08 Å². The average Bonchev–Trinajstić information content (AvgIpc) is 3.15. The zero-order chi connectivity index (χ0) is 23.6. The van der Waals surface area contributed by atoms with Gasteiger partial charge < -0.3 is 20.4 Å². The van der Waals surface area contributed by atoms with Gasteiger partial charge in [-0.2, -0.15) is 0 Å². The molecule has 0 unspecified atom stereocenters. The van der Waals surface area contributed by atoms with Crippen LogP contribution in [0.25, 0.3) is 33.1 Å². The monoisotopic (exact) mass is 444 g/mol. The molecule has 0 aliphatic heterocycles. The molecule has 1 atom stereocenters. The lowest BCUT2D eigenvalue weighted by molar-refractivity contribution is 0.0512. The van der Waals surface area contributed by atoms with Gasteiger partial charge in [0, 0.05) is 35.5 Å². The van der Waals surface area contributed by atoms with E-state index >= 15 is 0 Å². The van der Waals surface area contributed by atoms with Gasteiger partial charge in [-0.3, -0.25) is 4.98 Å². The number of aryl methyl sites for hydroxylation is 1. The number of hydrogen-bond donors (Lipinski definition) is 2. The number of rotatable bonds is 6. The van der Waals surface area contributed by atoms with Crippen LogP contribution in [0.2, 0.25) is 0 Å². The second kappa shape index (κ2) is 8.90. The van der Waals surface area contributed by atoms with Gasteiger partial charge in [-0.15, -0.1) is 6.58 Å². The Morgan fingerprint density at radius 3 is 2.82 bits per heavy atom. The normalized spacial score (nSPS) is 12.6. The number of hydrogen-bond acceptors (Lipinski definition) is 6. The molecule has 0 aliphatic rings. The summed E-state index contributed by atoms with van der Waals surface area (Å²) in [5.41, 5.74) is 9.19. The number of ether oxygens (including phenoxy) is 1. The predicted molar refractivity (Wildman–Crippen MR) is 131 cm³/mol. The quantitative estimate of drug-likeness (QED) is 0.418. The Morgan fingerprint density at radius 1 is 1.27 bits per heavy atom. The van der Waals surface area contributed by atoms with Crippen molar-refractivity contribution in [1.82, 2.24) is 24.8 Å². The molecule has 0 fully saturated rings. The Kier molecular flexibility index (Phi) is 6.00. The summed E-state index contributed by atoms with van der Waals surface area (Å²) in [5.74, 6) is 0.411. The van der Waals surface area contributed by atoms with E-state index in [1.807, 2.05) is 62.0 Å². The molecule has 33 heavy (non-hydrogen) atoms. The predicted octanol–water partition coefficient (Wildman–Crippen LogP) is 4.70. The van der Waals surface area contributed by atoms with E-state index in [2.05, 4.69) is 32.9 Å². The molecule has 8 nitrogen and oxygen atoms in total. The van der Waals surface area contributed by atoms with Crippen molar-refractivity contribution < 1.29 is 9.53 Å². The van der Waals surface area contributed by atoms with Crippen LogP contribution in [0.4, 0.5) is 10.6 Å². The summed E-state index contributed by atoms with van der Waals surface area (Å²) in [4.78, 5) is 25.4. The molecular formula is C25H28N6O2. The molecule has 0 aliphatic carbocycles. The first kappa shape index (κ1) is 22.3. The maximum Gasteiger partial charge on any atom is 0.408 e. The number of nitrogens with one attached hydrogen (secondary N) is 1. The molecule has 0 radical (unpaired) electrons. The number of fused-ring (bicyclic) bond motifs is 2. The van der Waals surface area contributed by atoms with Crippen LogP contribution in [0.3, 0.4) is 0 Å². The number of nitrogens with zero attached hydrogens (tertiary/aromatic N) is 4. The van der Waals surface area contributed by atoms with Crippen LogP contribution in [0.5, 0.6) is 0 Å². The largest absolute Gasteiger partial charge is 0.444 e. The molecule has 170 valence electrons. The van der Waals surface area contributed by atoms with Crippen molar-refractivity contribution in [1.29, 1.82) is 0 Å². The number of alkyl carbamates (subject to hydrolysis) is 1. The van der Waals surface area contributed by atoms with Gasteiger partial charge in [0.15, 0.2) is 0 Å². The molecular weight excluding hydrogens is 416 g/mol. The van der Waals surface area contributed by atoms with E-state index in [-0.39, 0.29) is 6.04 Å². The molecule has 4 aromatic rings. The molecule has 1 aromatic carbocycles. The number of nitrogens with two attached hydrogens (primary N) is 1. The molecule has 1 amide bonds. The standard InChI is InChI=1S/C25H28N6O2/c1-5-18(30-24(32)33-25(2,3)4)10-11-31-14-19(21-22(26)28-15-29-23(21)31)17-12-16-8-6-7-9-20(16)27-13-17/h5-9,12-15,18H,1,10-11H2,2-4H3,(H,30,32)(H2,26,28,29)/t18-/m0/s1. The SMILES string of the molecule is C=C[C@@H](CCn1cc(-c2cnc3ccccc3c2)c2c(N)ncnc21)NC(=O)OC(C)(C)C. The van der Waals surface area contributed by atoms with Gasteiger partial charge in [0.25, 0.3) is 0 Å². The molecule has 3 aromatic heterocycles. The van der Waals surface area contributed by atoms with E-state index in [0.717, 1.165) is 33.1 Å². The summed E-state index contributed by atoms with van der Waals surface area (Å²) in [7, 11) is 0. The zero-order valence-corrected chi connectivity index (χ0v) is 19.1. The first-order valence-electron chi connectivity index (χ1n) is 10.8. The number of benzene rings is 1. The van der Waals surface area contributed by atoms with Gasteiger partial charge in [-0.1, -0.05) is 24.3 Å². The fraction of sp³-hybridized carbons (Fsp3) is 0.280. The summed E-state index contributed by atoms with van der Waals surface area (Å²) in [6, 6.07) is 9.79. The Labute approximate surface area is 192 Å². The Morgan fingerprint density at radius 2 is 2.06 bits per heavy atom. The van der Waals surface area contributed by atoms with E-state index in [4.69, 9.17) is 10.5 Å². The molecule has 3 N–H and O–H groups in total. The molecule has 8 heteroatoms. The lowest BCUT2D eigenvalue weighted by Gasteiger charge is -2.22. The summed E-state index contributed by atoms with van der Waals surface area (Å²) in [6.45, 7) is 9.92. The first-order valence-corrected chi connectivity index (χ1v) is 10.8. The van der Waals surface area contributed by atoms with E-state index < -0.39 is 11.7 Å². The fourth-order valence-electron chi connectivity index (χ4n) is 3.74. The number of amides is 1. The third-order valence-electron chi connectivity index (χ3n) is 5.25. The molecule has 0 saturated heterocycles. The second-order valence-corrected chi connectivity index (χ2v) is 8.89. The summed E-state index contributed by atoms with van der Waals surface area (Å²) in [5, 5.41) is 4.68. The number of nitrogen functional groups attached to an aromatic ring is 1. The van der Waals surface area contributed by atoms with Crippen molar-refractivity contribution in [2.75, 3.05) is 5.73 Å². The molecule has 0 saturated carbocycles. The van der Waals surface area contributed by atoms with Crippen molar-refractivity contribution in [3.05, 3.63) is 61.7 Å². The smallest absolute Gasteiger partial charge is 0.408 e. The van der Waals surface area contributed by atoms with Crippen LogP contribution in [0.15, 0.2) is 61.7 Å². The number of pyridine rings is 1. The van der Waals surface area contributed by atoms with Crippen molar-refractivity contribution >= 4 is 33.8 Å². The summed E-state index contributed by atoms with van der Waals surface area (Å²) in [6.07, 6.45) is 7.14. The highest BCUT2D eigenvalue weighted by atomic mass is 16.6. The van der Waals surface area contributed by atoms with E-state index in [9.17, 15) is 4.79 Å². The maximum absolute atomic E-state index is 12.2. The highest BCUT2D eigenvalue weighted by Gasteiger charge is 2.20. The summed E-state index contributed by atoms with van der Waals surface area (Å²) < 4.78 is 7.38. The van der Waals surface area contributed by atoms with Crippen LogP contribution in [-0.2, 0) is 11.3 Å². The highest BCUT2D eigenvalue weighted by molar-refractivity contribution is 6.01. The van der Waals surface area contributed by atoms with Crippen molar-refractivity contribution in [3.8, 4) is 11.1 Å². The van der Waals surface area contributed by atoms with Gasteiger partial charge >= 0.3 is 6.09 Å². The molecule has 0 bridgehead atoms. The third kappa shape index (κ3) is 4.95. The number of aromatic nitrogens is 4. The van der Waals surface area contributed by atoms with Crippen LogP contribution in [0, 0.1) is 0 Å². The Bertz CT molecular complexity index is 1320. The molecule has 4 rings (SSSR count). The lowest BCUT2D eigenvalue weighted by Crippen LogP contribution is -2.38. The van der Waals surface area contributed by atoms with Gasteiger partial charge in [-0.25, -0.2) is 14.8 Å². The van der Waals surface area contributed by atoms with Gasteiger partial charge in [-0.05, 0) is 39.3 Å². The third-order valence-corrected chi connectivity index (χ3v) is 5.25. The van der Waals surface area contributed by atoms with Crippen molar-refractivity contribution in [2.45, 2.75) is 45.4 Å². The van der Waals surface area contributed by atoms with Gasteiger partial charge in [0.05, 0.1) is 16.9 Å². The molecule has 3 heterocycles. The van der Waals surface area contributed by atoms with Crippen LogP contribution in [0.1, 0.15) is 27.2 Å². The zero-order valence-electron chi connectivity index (χ0n) is 19.1.